The fourth-order valence-corrected chi connectivity index (χ4v) is 3.69. The van der Waals surface area contributed by atoms with Crippen LogP contribution in [0.25, 0.3) is 0 Å². The van der Waals surface area contributed by atoms with Crippen molar-refractivity contribution < 1.29 is 14.3 Å². The second kappa shape index (κ2) is 10.3. The highest BCUT2D eigenvalue weighted by Gasteiger charge is 2.23. The minimum atomic E-state index is -0.517. The van der Waals surface area contributed by atoms with E-state index in [0.29, 0.717) is 24.7 Å². The molecule has 1 aliphatic rings. The molecule has 1 saturated heterocycles. The molecule has 1 fully saturated rings. The maximum absolute atomic E-state index is 13.0. The number of nitrogens with zero attached hydrogens (tertiary/aromatic N) is 3. The molecule has 3 rings (SSSR count). The van der Waals surface area contributed by atoms with Gasteiger partial charge in [0.2, 0.25) is 5.91 Å². The molecular weight excluding hydrogens is 357 g/mol. The third-order valence-corrected chi connectivity index (χ3v) is 5.37. The van der Waals surface area contributed by atoms with E-state index in [1.807, 2.05) is 6.07 Å². The van der Waals surface area contributed by atoms with Crippen LogP contribution in [0.3, 0.4) is 0 Å². The molecule has 2 aromatic rings. The second-order valence-electron chi connectivity index (χ2n) is 7.42. The van der Waals surface area contributed by atoms with Gasteiger partial charge in [-0.25, -0.2) is 4.39 Å². The molecule has 0 aliphatic carbocycles. The van der Waals surface area contributed by atoms with Crippen molar-refractivity contribution >= 4 is 5.91 Å². The van der Waals surface area contributed by atoms with Gasteiger partial charge in [0.15, 0.2) is 0 Å². The first-order valence-electron chi connectivity index (χ1n) is 9.89. The summed E-state index contributed by atoms with van der Waals surface area (Å²) >= 11 is 0. The summed E-state index contributed by atoms with van der Waals surface area (Å²) in [6, 6.07) is 13.4. The highest BCUT2D eigenvalue weighted by molar-refractivity contribution is 5.77. The summed E-state index contributed by atoms with van der Waals surface area (Å²) in [7, 11) is 0. The lowest BCUT2D eigenvalue weighted by Gasteiger charge is -2.34. The van der Waals surface area contributed by atoms with Crippen LogP contribution in [0.1, 0.15) is 24.1 Å². The van der Waals surface area contributed by atoms with E-state index in [9.17, 15) is 14.3 Å². The predicted octanol–water partition coefficient (Wildman–Crippen LogP) is 2.50. The van der Waals surface area contributed by atoms with Gasteiger partial charge in [-0.1, -0.05) is 30.3 Å². The van der Waals surface area contributed by atoms with E-state index in [0.717, 1.165) is 45.1 Å². The fourth-order valence-electron chi connectivity index (χ4n) is 3.69. The monoisotopic (exact) mass is 385 g/mol. The van der Waals surface area contributed by atoms with Gasteiger partial charge in [0.1, 0.15) is 12.4 Å². The number of rotatable bonds is 8. The molecule has 1 aromatic heterocycles. The zero-order valence-electron chi connectivity index (χ0n) is 16.1. The van der Waals surface area contributed by atoms with Crippen molar-refractivity contribution in [3.05, 3.63) is 65.7 Å². The molecule has 0 radical (unpaired) electrons. The molecule has 150 valence electrons. The molecule has 0 spiro atoms. The highest BCUT2D eigenvalue weighted by atomic mass is 19.1. The van der Waals surface area contributed by atoms with Gasteiger partial charge in [0.25, 0.3) is 0 Å². The summed E-state index contributed by atoms with van der Waals surface area (Å²) in [4.78, 5) is 20.3. The van der Waals surface area contributed by atoms with Crippen LogP contribution in [-0.4, -0.2) is 58.6 Å². The lowest BCUT2D eigenvalue weighted by Crippen LogP contribution is -2.42. The number of amides is 1. The number of halogens is 1. The number of piperidine rings is 1. The van der Waals surface area contributed by atoms with Crippen molar-refractivity contribution in [1.29, 1.82) is 0 Å². The first-order valence-corrected chi connectivity index (χ1v) is 9.89. The Morgan fingerprint density at radius 3 is 2.57 bits per heavy atom. The number of benzene rings is 1. The Morgan fingerprint density at radius 1 is 1.18 bits per heavy atom. The standard InChI is InChI=1S/C22H28FN3O2/c23-20-6-7-21(24-14-20)16-26(22(28)17-27)15-19-9-12-25(13-10-19)11-8-18-4-2-1-3-5-18/h1-7,14,19,27H,8-13,15-17H2. The van der Waals surface area contributed by atoms with Crippen molar-refractivity contribution in [1.82, 2.24) is 14.8 Å². The van der Waals surface area contributed by atoms with Gasteiger partial charge in [0.05, 0.1) is 18.4 Å². The number of carbonyl (C=O) groups is 1. The van der Waals surface area contributed by atoms with E-state index in [1.54, 1.807) is 11.0 Å². The van der Waals surface area contributed by atoms with Crippen LogP contribution < -0.4 is 0 Å². The molecule has 1 aliphatic heterocycles. The Bertz CT molecular complexity index is 731. The van der Waals surface area contributed by atoms with E-state index in [-0.39, 0.29) is 5.91 Å². The quantitative estimate of drug-likeness (QED) is 0.759. The van der Waals surface area contributed by atoms with E-state index < -0.39 is 12.4 Å². The maximum Gasteiger partial charge on any atom is 0.248 e. The van der Waals surface area contributed by atoms with E-state index in [1.165, 1.54) is 11.6 Å². The number of hydrogen-bond acceptors (Lipinski definition) is 4. The molecule has 1 amide bonds. The second-order valence-corrected chi connectivity index (χ2v) is 7.42. The van der Waals surface area contributed by atoms with Crippen LogP contribution in [0, 0.1) is 11.7 Å². The number of aliphatic hydroxyl groups is 1. The normalized spacial score (nSPS) is 15.5. The summed E-state index contributed by atoms with van der Waals surface area (Å²) in [5, 5.41) is 9.30. The molecule has 1 N–H and O–H groups in total. The highest BCUT2D eigenvalue weighted by Crippen LogP contribution is 2.20. The number of pyridine rings is 1. The van der Waals surface area contributed by atoms with Crippen LogP contribution in [0.2, 0.25) is 0 Å². The fraction of sp³-hybridized carbons (Fsp3) is 0.455. The molecule has 6 heteroatoms. The van der Waals surface area contributed by atoms with Gasteiger partial charge in [-0.15, -0.1) is 0 Å². The predicted molar refractivity (Wildman–Crippen MR) is 106 cm³/mol. The number of aliphatic hydroxyl groups excluding tert-OH is 1. The van der Waals surface area contributed by atoms with Crippen molar-refractivity contribution in [2.75, 3.05) is 32.8 Å². The first-order chi connectivity index (χ1) is 13.6. The van der Waals surface area contributed by atoms with Gasteiger partial charge in [-0.3, -0.25) is 9.78 Å². The van der Waals surface area contributed by atoms with Crippen LogP contribution >= 0.6 is 0 Å². The summed E-state index contributed by atoms with van der Waals surface area (Å²) < 4.78 is 13.0. The zero-order chi connectivity index (χ0) is 19.8. The smallest absolute Gasteiger partial charge is 0.248 e. The molecule has 0 atom stereocenters. The molecule has 2 heterocycles. The van der Waals surface area contributed by atoms with Crippen LogP contribution in [0.15, 0.2) is 48.7 Å². The average molecular weight is 385 g/mol. The van der Waals surface area contributed by atoms with E-state index in [2.05, 4.69) is 34.1 Å². The Kier molecular flexibility index (Phi) is 7.51. The van der Waals surface area contributed by atoms with Crippen molar-refractivity contribution in [2.24, 2.45) is 5.92 Å². The Morgan fingerprint density at radius 2 is 1.93 bits per heavy atom. The van der Waals surface area contributed by atoms with Crippen molar-refractivity contribution in [3.8, 4) is 0 Å². The van der Waals surface area contributed by atoms with Crippen LogP contribution in [0.4, 0.5) is 4.39 Å². The summed E-state index contributed by atoms with van der Waals surface area (Å²) in [5.41, 5.74) is 1.99. The molecule has 28 heavy (non-hydrogen) atoms. The SMILES string of the molecule is O=C(CO)N(Cc1ccc(F)cn1)CC1CCN(CCc2ccccc2)CC1. The van der Waals surface area contributed by atoms with Gasteiger partial charge in [-0.2, -0.15) is 0 Å². The minimum absolute atomic E-state index is 0.299. The summed E-state index contributed by atoms with van der Waals surface area (Å²) in [5.74, 6) is -0.298. The number of aromatic nitrogens is 1. The number of carbonyl (C=O) groups excluding carboxylic acids is 1. The van der Waals surface area contributed by atoms with E-state index in [4.69, 9.17) is 0 Å². The molecule has 0 bridgehead atoms. The Labute approximate surface area is 165 Å². The lowest BCUT2D eigenvalue weighted by molar-refractivity contribution is -0.135. The Hall–Kier alpha value is -2.31. The van der Waals surface area contributed by atoms with Crippen molar-refractivity contribution in [3.63, 3.8) is 0 Å². The summed E-state index contributed by atoms with van der Waals surface area (Å²) in [6.45, 7) is 3.48. The van der Waals surface area contributed by atoms with Crippen molar-refractivity contribution in [2.45, 2.75) is 25.8 Å². The van der Waals surface area contributed by atoms with Gasteiger partial charge in [-0.05, 0) is 56.0 Å². The van der Waals surface area contributed by atoms with E-state index >= 15 is 0 Å². The summed E-state index contributed by atoms with van der Waals surface area (Å²) in [6.07, 6.45) is 4.26. The average Bonchev–Trinajstić information content (AvgIpc) is 2.74. The Balaban J connectivity index is 1.47. The third kappa shape index (κ3) is 6.11. The molecular formula is C22H28FN3O2. The maximum atomic E-state index is 13.0. The number of hydrogen-bond donors (Lipinski definition) is 1. The molecule has 5 nitrogen and oxygen atoms in total. The van der Waals surface area contributed by atoms with Gasteiger partial charge >= 0.3 is 0 Å². The largest absolute Gasteiger partial charge is 0.387 e. The topological polar surface area (TPSA) is 56.7 Å². The minimum Gasteiger partial charge on any atom is -0.387 e. The van der Waals surface area contributed by atoms with Crippen LogP contribution in [0.5, 0.6) is 0 Å². The molecule has 0 saturated carbocycles. The third-order valence-electron chi connectivity index (χ3n) is 5.37. The van der Waals surface area contributed by atoms with Gasteiger partial charge < -0.3 is 14.9 Å². The molecule has 0 unspecified atom stereocenters. The van der Waals surface area contributed by atoms with Gasteiger partial charge in [0, 0.05) is 13.1 Å². The number of likely N-dealkylation sites (tertiary alicyclic amines) is 1. The zero-order valence-corrected chi connectivity index (χ0v) is 16.1. The molecule has 1 aromatic carbocycles. The van der Waals surface area contributed by atoms with Crippen LogP contribution in [-0.2, 0) is 17.8 Å². The lowest BCUT2D eigenvalue weighted by atomic mass is 9.95. The first kappa shape index (κ1) is 20.4.